The molecule has 2 aromatic carbocycles. The summed E-state index contributed by atoms with van der Waals surface area (Å²) in [5.74, 6) is -0.824. The minimum Gasteiger partial charge on any atom is -0.324 e. The molecule has 0 fully saturated rings. The second kappa shape index (κ2) is 7.80. The highest BCUT2D eigenvalue weighted by molar-refractivity contribution is 5.92. The van der Waals surface area contributed by atoms with E-state index < -0.39 is 17.4 Å². The number of hydrogen-bond donors (Lipinski definition) is 1. The van der Waals surface area contributed by atoms with Crippen LogP contribution >= 0.6 is 0 Å². The van der Waals surface area contributed by atoms with Gasteiger partial charge >= 0.3 is 5.69 Å². The van der Waals surface area contributed by atoms with Gasteiger partial charge in [-0.3, -0.25) is 18.7 Å². The van der Waals surface area contributed by atoms with Gasteiger partial charge < -0.3 is 5.32 Å². The smallest absolute Gasteiger partial charge is 0.324 e. The Morgan fingerprint density at radius 2 is 1.89 bits per heavy atom. The van der Waals surface area contributed by atoms with Gasteiger partial charge in [-0.1, -0.05) is 19.1 Å². The molecule has 28 heavy (non-hydrogen) atoms. The molecule has 1 aromatic heterocycles. The van der Waals surface area contributed by atoms with Gasteiger partial charge in [-0.15, -0.1) is 0 Å². The van der Waals surface area contributed by atoms with Crippen LogP contribution in [0.4, 0.5) is 10.1 Å². The summed E-state index contributed by atoms with van der Waals surface area (Å²) in [7, 11) is 0. The zero-order valence-electron chi connectivity index (χ0n) is 16.0. The van der Waals surface area contributed by atoms with Crippen LogP contribution in [0.1, 0.15) is 31.9 Å². The van der Waals surface area contributed by atoms with Gasteiger partial charge in [0.25, 0.3) is 5.56 Å². The number of halogens is 1. The lowest BCUT2D eigenvalue weighted by Gasteiger charge is -2.17. The number of para-hydroxylation sites is 1. The first-order chi connectivity index (χ1) is 13.3. The molecule has 7 heteroatoms. The number of benzene rings is 2. The summed E-state index contributed by atoms with van der Waals surface area (Å²) >= 11 is 0. The van der Waals surface area contributed by atoms with E-state index >= 15 is 0 Å². The molecule has 0 aliphatic carbocycles. The van der Waals surface area contributed by atoms with E-state index in [9.17, 15) is 18.8 Å². The van der Waals surface area contributed by atoms with Crippen molar-refractivity contribution in [3.05, 3.63) is 74.7 Å². The van der Waals surface area contributed by atoms with Gasteiger partial charge in [-0.2, -0.15) is 0 Å². The fourth-order valence-electron chi connectivity index (χ4n) is 3.16. The summed E-state index contributed by atoms with van der Waals surface area (Å²) in [6, 6.07) is 10.5. The fourth-order valence-corrected chi connectivity index (χ4v) is 3.16. The van der Waals surface area contributed by atoms with Crippen LogP contribution in [-0.4, -0.2) is 15.0 Å². The van der Waals surface area contributed by atoms with Crippen molar-refractivity contribution >= 4 is 22.5 Å². The highest BCUT2D eigenvalue weighted by Gasteiger charge is 2.18. The number of rotatable bonds is 5. The molecule has 3 rings (SSSR count). The van der Waals surface area contributed by atoms with Gasteiger partial charge in [0.1, 0.15) is 12.4 Å². The average molecular weight is 383 g/mol. The Hall–Kier alpha value is -3.22. The number of hydrogen-bond acceptors (Lipinski definition) is 3. The Labute approximate surface area is 161 Å². The van der Waals surface area contributed by atoms with Crippen LogP contribution < -0.4 is 16.6 Å². The largest absolute Gasteiger partial charge is 0.332 e. The van der Waals surface area contributed by atoms with Crippen LogP contribution in [0.5, 0.6) is 0 Å². The number of nitrogens with one attached hydrogen (secondary N) is 1. The molecule has 1 heterocycles. The Bertz CT molecular complexity index is 1160. The fraction of sp³-hybridized carbons (Fsp3) is 0.286. The van der Waals surface area contributed by atoms with Crippen molar-refractivity contribution < 1.29 is 9.18 Å². The monoisotopic (exact) mass is 383 g/mol. The molecule has 0 saturated carbocycles. The van der Waals surface area contributed by atoms with Crippen LogP contribution in [-0.2, 0) is 11.3 Å². The van der Waals surface area contributed by atoms with E-state index in [-0.39, 0.29) is 18.1 Å². The summed E-state index contributed by atoms with van der Waals surface area (Å²) in [5.41, 5.74) is 0.571. The van der Waals surface area contributed by atoms with Crippen molar-refractivity contribution in [2.45, 2.75) is 39.8 Å². The van der Waals surface area contributed by atoms with E-state index in [1.54, 1.807) is 38.1 Å². The molecule has 0 saturated heterocycles. The van der Waals surface area contributed by atoms with Crippen LogP contribution in [0.2, 0.25) is 0 Å². The standard InChI is InChI=1S/C21H22FN3O3/c1-4-14(3)25-20(27)16-7-5-6-8-18(16)24(21(25)28)12-19(26)23-17-10-9-15(22)11-13(17)2/h5-11,14H,4,12H2,1-3H3,(H,23,26). The van der Waals surface area contributed by atoms with E-state index in [1.807, 2.05) is 6.92 Å². The third-order valence-corrected chi connectivity index (χ3v) is 4.88. The zero-order valence-corrected chi connectivity index (χ0v) is 16.0. The maximum Gasteiger partial charge on any atom is 0.332 e. The van der Waals surface area contributed by atoms with Gasteiger partial charge in [-0.05, 0) is 56.2 Å². The minimum absolute atomic E-state index is 0.257. The van der Waals surface area contributed by atoms with Gasteiger partial charge in [0.15, 0.2) is 0 Å². The third-order valence-electron chi connectivity index (χ3n) is 4.88. The molecule has 1 amide bonds. The van der Waals surface area contributed by atoms with Crippen molar-refractivity contribution in [3.63, 3.8) is 0 Å². The Morgan fingerprint density at radius 3 is 2.57 bits per heavy atom. The SMILES string of the molecule is CCC(C)n1c(=O)c2ccccc2n(CC(=O)Nc2ccc(F)cc2C)c1=O. The second-order valence-electron chi connectivity index (χ2n) is 6.83. The Balaban J connectivity index is 2.06. The van der Waals surface area contributed by atoms with Crippen LogP contribution in [0.25, 0.3) is 10.9 Å². The number of aryl methyl sites for hydroxylation is 1. The predicted octanol–water partition coefficient (Wildman–Crippen LogP) is 3.22. The van der Waals surface area contributed by atoms with Gasteiger partial charge in [0.2, 0.25) is 5.91 Å². The molecule has 0 spiro atoms. The number of amides is 1. The molecule has 0 aliphatic rings. The molecule has 3 aromatic rings. The highest BCUT2D eigenvalue weighted by Crippen LogP contribution is 2.16. The van der Waals surface area contributed by atoms with Crippen molar-refractivity contribution in [1.82, 2.24) is 9.13 Å². The molecule has 6 nitrogen and oxygen atoms in total. The summed E-state index contributed by atoms with van der Waals surface area (Å²) in [4.78, 5) is 38.4. The van der Waals surface area contributed by atoms with E-state index in [1.165, 1.54) is 27.3 Å². The van der Waals surface area contributed by atoms with Crippen molar-refractivity contribution in [2.75, 3.05) is 5.32 Å². The molecule has 146 valence electrons. The topological polar surface area (TPSA) is 73.1 Å². The average Bonchev–Trinajstić information content (AvgIpc) is 2.67. The van der Waals surface area contributed by atoms with Crippen molar-refractivity contribution in [3.8, 4) is 0 Å². The number of anilines is 1. The molecule has 1 N–H and O–H groups in total. The molecule has 0 radical (unpaired) electrons. The minimum atomic E-state index is -0.524. The Morgan fingerprint density at radius 1 is 1.18 bits per heavy atom. The predicted molar refractivity (Wildman–Crippen MR) is 107 cm³/mol. The highest BCUT2D eigenvalue weighted by atomic mass is 19.1. The number of nitrogens with zero attached hydrogens (tertiary/aromatic N) is 2. The van der Waals surface area contributed by atoms with E-state index in [0.29, 0.717) is 28.6 Å². The van der Waals surface area contributed by atoms with Gasteiger partial charge in [-0.25, -0.2) is 9.18 Å². The van der Waals surface area contributed by atoms with Crippen molar-refractivity contribution in [2.24, 2.45) is 0 Å². The molecule has 1 atom stereocenters. The third kappa shape index (κ3) is 3.60. The molecule has 1 unspecified atom stereocenters. The lowest BCUT2D eigenvalue weighted by molar-refractivity contribution is -0.116. The zero-order chi connectivity index (χ0) is 20.4. The van der Waals surface area contributed by atoms with Crippen LogP contribution in [0.15, 0.2) is 52.1 Å². The normalized spacial score (nSPS) is 12.1. The summed E-state index contributed by atoms with van der Waals surface area (Å²) in [6.07, 6.45) is 0.606. The molecular formula is C21H22FN3O3. The van der Waals surface area contributed by atoms with Crippen LogP contribution in [0.3, 0.4) is 0 Å². The quantitative estimate of drug-likeness (QED) is 0.735. The number of aromatic nitrogens is 2. The number of fused-ring (bicyclic) bond motifs is 1. The summed E-state index contributed by atoms with van der Waals surface area (Å²) < 4.78 is 15.8. The first-order valence-corrected chi connectivity index (χ1v) is 9.13. The van der Waals surface area contributed by atoms with Crippen LogP contribution in [0, 0.1) is 12.7 Å². The van der Waals surface area contributed by atoms with Crippen molar-refractivity contribution in [1.29, 1.82) is 0 Å². The second-order valence-corrected chi connectivity index (χ2v) is 6.83. The lowest BCUT2D eigenvalue weighted by Crippen LogP contribution is -2.43. The van der Waals surface area contributed by atoms with E-state index in [2.05, 4.69) is 5.32 Å². The first kappa shape index (κ1) is 19.5. The molecule has 0 bridgehead atoms. The van der Waals surface area contributed by atoms with Gasteiger partial charge in [0, 0.05) is 11.7 Å². The van der Waals surface area contributed by atoms with Gasteiger partial charge in [0.05, 0.1) is 10.9 Å². The lowest BCUT2D eigenvalue weighted by atomic mass is 10.2. The first-order valence-electron chi connectivity index (χ1n) is 9.13. The molecule has 0 aliphatic heterocycles. The number of carbonyl (C=O) groups excluding carboxylic acids is 1. The maximum atomic E-state index is 13.3. The molecular weight excluding hydrogens is 361 g/mol. The summed E-state index contributed by atoms with van der Waals surface area (Å²) in [6.45, 7) is 5.11. The number of carbonyl (C=O) groups is 1. The van der Waals surface area contributed by atoms with E-state index in [4.69, 9.17) is 0 Å². The maximum absolute atomic E-state index is 13.3. The Kier molecular flexibility index (Phi) is 5.44. The summed E-state index contributed by atoms with van der Waals surface area (Å²) in [5, 5.41) is 3.08. The van der Waals surface area contributed by atoms with E-state index in [0.717, 1.165) is 0 Å².